The van der Waals surface area contributed by atoms with Crippen molar-refractivity contribution in [2.45, 2.75) is 29.8 Å². The van der Waals surface area contributed by atoms with Crippen molar-refractivity contribution in [2.24, 2.45) is 0 Å². The van der Waals surface area contributed by atoms with Crippen molar-refractivity contribution >= 4 is 27.5 Å². The highest BCUT2D eigenvalue weighted by Gasteiger charge is 2.34. The molecule has 1 N–H and O–H groups in total. The molecule has 0 unspecified atom stereocenters. The lowest BCUT2D eigenvalue weighted by Gasteiger charge is -2.25. The highest BCUT2D eigenvalue weighted by molar-refractivity contribution is 8.00. The molecule has 0 bridgehead atoms. The quantitative estimate of drug-likeness (QED) is 0.771. The van der Waals surface area contributed by atoms with Crippen LogP contribution in [-0.2, 0) is 14.6 Å². The van der Waals surface area contributed by atoms with Crippen LogP contribution in [0.3, 0.4) is 0 Å². The van der Waals surface area contributed by atoms with Crippen LogP contribution in [0.1, 0.15) is 13.3 Å². The number of thioether (sulfide) groups is 1. The number of H-pyrrole nitrogens is 1. The molecule has 1 aromatic heterocycles. The first-order valence-electron chi connectivity index (χ1n) is 8.08. The summed E-state index contributed by atoms with van der Waals surface area (Å²) < 4.78 is 37.0. The first-order chi connectivity index (χ1) is 12.3. The van der Waals surface area contributed by atoms with Crippen LogP contribution in [0.25, 0.3) is 11.4 Å². The molecule has 3 rings (SSSR count). The number of sulfone groups is 1. The minimum absolute atomic E-state index is 0.00468. The smallest absolute Gasteiger partial charge is 0.235 e. The molecule has 1 aromatic carbocycles. The van der Waals surface area contributed by atoms with E-state index in [4.69, 9.17) is 0 Å². The molecule has 2 heterocycles. The van der Waals surface area contributed by atoms with Gasteiger partial charge >= 0.3 is 0 Å². The van der Waals surface area contributed by atoms with Gasteiger partial charge in [0.15, 0.2) is 15.7 Å². The van der Waals surface area contributed by atoms with Gasteiger partial charge in [0.1, 0.15) is 5.82 Å². The Morgan fingerprint density at radius 1 is 1.42 bits per heavy atom. The van der Waals surface area contributed by atoms with Crippen molar-refractivity contribution in [3.05, 3.63) is 30.1 Å². The van der Waals surface area contributed by atoms with E-state index in [1.165, 1.54) is 11.0 Å². The maximum atomic E-state index is 13.8. The number of hydrogen-bond acceptors (Lipinski definition) is 6. The van der Waals surface area contributed by atoms with E-state index in [0.717, 1.165) is 11.8 Å². The zero-order valence-electron chi connectivity index (χ0n) is 14.3. The largest absolute Gasteiger partial charge is 0.341 e. The van der Waals surface area contributed by atoms with Crippen LogP contribution in [0.2, 0.25) is 0 Å². The summed E-state index contributed by atoms with van der Waals surface area (Å²) in [5.41, 5.74) is 0.305. The van der Waals surface area contributed by atoms with Crippen LogP contribution in [0, 0.1) is 5.82 Å². The van der Waals surface area contributed by atoms with Crippen LogP contribution in [-0.4, -0.2) is 64.3 Å². The van der Waals surface area contributed by atoms with Gasteiger partial charge in [0.2, 0.25) is 11.1 Å². The third kappa shape index (κ3) is 4.07. The van der Waals surface area contributed by atoms with Crippen molar-refractivity contribution in [1.82, 2.24) is 20.1 Å². The molecule has 0 spiro atoms. The van der Waals surface area contributed by atoms with E-state index in [1.807, 2.05) is 0 Å². The first kappa shape index (κ1) is 18.8. The second kappa shape index (κ2) is 7.36. The normalized spacial score (nSPS) is 20.0. The second-order valence-electron chi connectivity index (χ2n) is 6.21. The molecule has 7 nitrogen and oxygen atoms in total. The lowest BCUT2D eigenvalue weighted by molar-refractivity contribution is -0.130. The molecule has 1 amide bonds. The maximum absolute atomic E-state index is 13.8. The van der Waals surface area contributed by atoms with E-state index >= 15 is 0 Å². The van der Waals surface area contributed by atoms with Gasteiger partial charge in [-0.3, -0.25) is 9.89 Å². The second-order valence-corrected chi connectivity index (χ2v) is 9.75. The average molecular weight is 398 g/mol. The number of nitrogens with zero attached hydrogens (tertiary/aromatic N) is 3. The van der Waals surface area contributed by atoms with E-state index in [9.17, 15) is 17.6 Å². The Balaban J connectivity index is 1.66. The Kier molecular flexibility index (Phi) is 5.33. The molecule has 140 valence electrons. The van der Waals surface area contributed by atoms with Gasteiger partial charge in [-0.1, -0.05) is 23.9 Å². The third-order valence-electron chi connectivity index (χ3n) is 4.33. The van der Waals surface area contributed by atoms with Crippen molar-refractivity contribution in [3.63, 3.8) is 0 Å². The molecular weight excluding hydrogens is 379 g/mol. The molecule has 0 radical (unpaired) electrons. The van der Waals surface area contributed by atoms with Gasteiger partial charge in [0.25, 0.3) is 0 Å². The number of carbonyl (C=O) groups is 1. The Morgan fingerprint density at radius 3 is 2.81 bits per heavy atom. The summed E-state index contributed by atoms with van der Waals surface area (Å²) in [5.74, 6) is -0.185. The van der Waals surface area contributed by atoms with Crippen LogP contribution in [0.4, 0.5) is 4.39 Å². The van der Waals surface area contributed by atoms with Crippen molar-refractivity contribution in [1.29, 1.82) is 0 Å². The summed E-state index contributed by atoms with van der Waals surface area (Å²) in [7, 11) is -1.44. The third-order valence-corrected chi connectivity index (χ3v) is 7.03. The summed E-state index contributed by atoms with van der Waals surface area (Å²) in [6, 6.07) is 5.92. The fraction of sp³-hybridized carbons (Fsp3) is 0.438. The molecule has 2 aromatic rings. The van der Waals surface area contributed by atoms with E-state index in [-0.39, 0.29) is 23.5 Å². The van der Waals surface area contributed by atoms with Crippen molar-refractivity contribution < 1.29 is 17.6 Å². The summed E-state index contributed by atoms with van der Waals surface area (Å²) in [6.07, 6.45) is 0.458. The Labute approximate surface area is 155 Å². The fourth-order valence-corrected chi connectivity index (χ4v) is 5.43. The molecule has 1 saturated heterocycles. The number of benzene rings is 1. The Hall–Kier alpha value is -1.94. The summed E-state index contributed by atoms with van der Waals surface area (Å²) >= 11 is 1.14. The van der Waals surface area contributed by atoms with Gasteiger partial charge in [-0.25, -0.2) is 17.8 Å². The minimum atomic E-state index is -3.06. The molecular formula is C16H19FN4O3S2. The van der Waals surface area contributed by atoms with Crippen molar-refractivity contribution in [2.75, 3.05) is 18.6 Å². The van der Waals surface area contributed by atoms with E-state index in [2.05, 4.69) is 15.2 Å². The lowest BCUT2D eigenvalue weighted by atomic mass is 10.2. The number of aromatic nitrogens is 3. The van der Waals surface area contributed by atoms with E-state index in [0.29, 0.717) is 23.0 Å². The van der Waals surface area contributed by atoms with Gasteiger partial charge in [-0.15, -0.1) is 5.10 Å². The highest BCUT2D eigenvalue weighted by atomic mass is 32.2. The van der Waals surface area contributed by atoms with Crippen LogP contribution < -0.4 is 0 Å². The van der Waals surface area contributed by atoms with Crippen LogP contribution in [0.15, 0.2) is 29.4 Å². The zero-order valence-corrected chi connectivity index (χ0v) is 16.0. The van der Waals surface area contributed by atoms with Gasteiger partial charge in [-0.05, 0) is 25.5 Å². The monoisotopic (exact) mass is 398 g/mol. The number of nitrogens with one attached hydrogen (secondary N) is 1. The number of amides is 1. The minimum Gasteiger partial charge on any atom is -0.341 e. The number of carbonyl (C=O) groups excluding carboxylic acids is 1. The fourth-order valence-electron chi connectivity index (χ4n) is 2.83. The molecule has 0 saturated carbocycles. The predicted molar refractivity (Wildman–Crippen MR) is 96.9 cm³/mol. The number of halogens is 1. The molecule has 1 fully saturated rings. The number of hydrogen-bond donors (Lipinski definition) is 1. The highest BCUT2D eigenvalue weighted by Crippen LogP contribution is 2.26. The zero-order chi connectivity index (χ0) is 18.9. The molecule has 0 aliphatic carbocycles. The van der Waals surface area contributed by atoms with Crippen LogP contribution in [0.5, 0.6) is 0 Å². The van der Waals surface area contributed by atoms with Gasteiger partial charge in [0, 0.05) is 13.1 Å². The average Bonchev–Trinajstić information content (AvgIpc) is 3.20. The lowest BCUT2D eigenvalue weighted by Crippen LogP contribution is -2.41. The van der Waals surface area contributed by atoms with Gasteiger partial charge in [-0.2, -0.15) is 0 Å². The maximum Gasteiger partial charge on any atom is 0.235 e. The first-order valence-corrected chi connectivity index (χ1v) is 10.8. The molecule has 1 aliphatic rings. The van der Waals surface area contributed by atoms with Crippen molar-refractivity contribution in [3.8, 4) is 11.4 Å². The SMILES string of the molecule is C[C@H](Sc1n[nH]c(-c2ccccc2F)n1)C(=O)N(C)[C@@H]1CCS(=O)(=O)C1. The number of aromatic amines is 1. The summed E-state index contributed by atoms with van der Waals surface area (Å²) in [4.78, 5) is 18.3. The predicted octanol–water partition coefficient (Wildman–Crippen LogP) is 1.74. The van der Waals surface area contributed by atoms with Gasteiger partial charge in [0.05, 0.1) is 22.3 Å². The van der Waals surface area contributed by atoms with E-state index in [1.54, 1.807) is 32.2 Å². The summed E-state index contributed by atoms with van der Waals surface area (Å²) in [5, 5.41) is 6.54. The van der Waals surface area contributed by atoms with Gasteiger partial charge < -0.3 is 4.90 Å². The topological polar surface area (TPSA) is 96.0 Å². The standard InChI is InChI=1S/C16H19FN4O3S2/c1-10(15(22)21(2)11-7-8-26(23,24)9-11)25-16-18-14(19-20-16)12-5-3-4-6-13(12)17/h3-6,10-11H,7-9H2,1-2H3,(H,18,19,20)/t10-,11+/m0/s1. The summed E-state index contributed by atoms with van der Waals surface area (Å²) in [6.45, 7) is 1.71. The Bertz CT molecular complexity index is 916. The molecule has 26 heavy (non-hydrogen) atoms. The molecule has 1 aliphatic heterocycles. The number of rotatable bonds is 5. The van der Waals surface area contributed by atoms with Crippen LogP contribution >= 0.6 is 11.8 Å². The molecule has 2 atom stereocenters. The molecule has 10 heteroatoms. The van der Waals surface area contributed by atoms with E-state index < -0.39 is 20.9 Å². The Morgan fingerprint density at radius 2 is 2.15 bits per heavy atom.